The highest BCUT2D eigenvalue weighted by Crippen LogP contribution is 2.32. The van der Waals surface area contributed by atoms with Crippen LogP contribution in [0.5, 0.6) is 11.5 Å². The van der Waals surface area contributed by atoms with Gasteiger partial charge < -0.3 is 19.9 Å². The van der Waals surface area contributed by atoms with Gasteiger partial charge in [0, 0.05) is 24.0 Å². The summed E-state index contributed by atoms with van der Waals surface area (Å²) in [4.78, 5) is 24.8. The summed E-state index contributed by atoms with van der Waals surface area (Å²) in [5.41, 5.74) is 1.59. The minimum Gasteiger partial charge on any atom is -0.496 e. The highest BCUT2D eigenvalue weighted by Gasteiger charge is 2.45. The van der Waals surface area contributed by atoms with Gasteiger partial charge in [0.1, 0.15) is 17.0 Å². The van der Waals surface area contributed by atoms with Crippen LogP contribution in [0, 0.1) is 6.92 Å². The van der Waals surface area contributed by atoms with E-state index in [-0.39, 0.29) is 12.8 Å². The van der Waals surface area contributed by atoms with Crippen LogP contribution in [0.1, 0.15) is 27.0 Å². The lowest BCUT2D eigenvalue weighted by Gasteiger charge is -2.26. The van der Waals surface area contributed by atoms with Crippen LogP contribution in [-0.2, 0) is 17.6 Å². The topological polar surface area (TPSA) is 84.9 Å². The van der Waals surface area contributed by atoms with E-state index < -0.39 is 17.4 Å². The molecule has 0 atom stereocenters. The highest BCUT2D eigenvalue weighted by atomic mass is 16.5. The largest absolute Gasteiger partial charge is 0.496 e. The molecule has 0 fully saturated rings. The minimum atomic E-state index is -1.36. The van der Waals surface area contributed by atoms with Gasteiger partial charge in [0.2, 0.25) is 0 Å². The number of rotatable bonds is 5. The number of hydrogen-bond donors (Lipinski definition) is 2. The Labute approximate surface area is 151 Å². The molecule has 1 amide bonds. The van der Waals surface area contributed by atoms with Gasteiger partial charge in [0.25, 0.3) is 5.91 Å². The Morgan fingerprint density at radius 3 is 1.96 bits per heavy atom. The molecule has 0 spiro atoms. The van der Waals surface area contributed by atoms with Gasteiger partial charge in [-0.25, -0.2) is 4.79 Å². The number of carbonyl (C=O) groups is 2. The normalized spacial score (nSPS) is 14.4. The lowest BCUT2D eigenvalue weighted by molar-refractivity contribution is -0.144. The number of nitrogens with one attached hydrogen (secondary N) is 1. The summed E-state index contributed by atoms with van der Waals surface area (Å²) in [6.45, 7) is 1.83. The minimum absolute atomic E-state index is 0.254. The van der Waals surface area contributed by atoms with E-state index in [1.165, 1.54) is 14.2 Å². The second kappa shape index (κ2) is 6.71. The zero-order valence-corrected chi connectivity index (χ0v) is 15.0. The lowest BCUT2D eigenvalue weighted by atomic mass is 9.95. The molecule has 1 aliphatic rings. The van der Waals surface area contributed by atoms with E-state index in [4.69, 9.17) is 9.47 Å². The smallest absolute Gasteiger partial charge is 0.330 e. The van der Waals surface area contributed by atoms with Crippen molar-refractivity contribution in [3.63, 3.8) is 0 Å². The molecule has 0 saturated heterocycles. The summed E-state index contributed by atoms with van der Waals surface area (Å²) < 4.78 is 10.6. The monoisotopic (exact) mass is 355 g/mol. The van der Waals surface area contributed by atoms with Gasteiger partial charge in [-0.15, -0.1) is 0 Å². The molecule has 0 heterocycles. The van der Waals surface area contributed by atoms with Crippen LogP contribution in [-0.4, -0.2) is 36.7 Å². The molecule has 0 aliphatic heterocycles. The van der Waals surface area contributed by atoms with Crippen LogP contribution in [0.2, 0.25) is 0 Å². The number of carbonyl (C=O) groups excluding carboxylic acids is 1. The Bertz CT molecular complexity index is 824. The summed E-state index contributed by atoms with van der Waals surface area (Å²) in [6.07, 6.45) is 0.509. The third kappa shape index (κ3) is 2.98. The molecule has 0 bridgehead atoms. The standard InChI is InChI=1S/C20H21NO5/c1-12-16(25-2)8-15(9-17(12)26-3)18(22)21-20(19(23)24)10-13-6-4-5-7-14(13)11-20/h4-9H,10-11H2,1-3H3,(H,21,22)(H,23,24). The molecule has 3 rings (SSSR count). The quantitative estimate of drug-likeness (QED) is 0.860. The van der Waals surface area contributed by atoms with Crippen molar-refractivity contribution in [1.82, 2.24) is 5.32 Å². The Morgan fingerprint density at radius 1 is 1.04 bits per heavy atom. The van der Waals surface area contributed by atoms with Gasteiger partial charge >= 0.3 is 5.97 Å². The third-order valence-electron chi connectivity index (χ3n) is 4.88. The van der Waals surface area contributed by atoms with Crippen molar-refractivity contribution in [2.45, 2.75) is 25.3 Å². The first-order valence-electron chi connectivity index (χ1n) is 8.25. The van der Waals surface area contributed by atoms with E-state index in [1.54, 1.807) is 12.1 Å². The zero-order valence-electron chi connectivity index (χ0n) is 15.0. The maximum atomic E-state index is 12.8. The average Bonchev–Trinajstić information content (AvgIpc) is 3.01. The fraction of sp³-hybridized carbons (Fsp3) is 0.300. The van der Waals surface area contributed by atoms with Gasteiger partial charge in [0.15, 0.2) is 0 Å². The maximum Gasteiger partial charge on any atom is 0.330 e. The number of hydrogen-bond acceptors (Lipinski definition) is 4. The number of ether oxygens (including phenoxy) is 2. The first-order chi connectivity index (χ1) is 12.4. The van der Waals surface area contributed by atoms with E-state index in [0.717, 1.165) is 16.7 Å². The number of aliphatic carboxylic acids is 1. The van der Waals surface area contributed by atoms with E-state index >= 15 is 0 Å². The van der Waals surface area contributed by atoms with Gasteiger partial charge in [0.05, 0.1) is 14.2 Å². The predicted octanol–water partition coefficient (Wildman–Crippen LogP) is 2.36. The number of carboxylic acid groups (broad SMARTS) is 1. The molecule has 6 nitrogen and oxygen atoms in total. The second-order valence-electron chi connectivity index (χ2n) is 6.47. The van der Waals surface area contributed by atoms with Crippen LogP contribution in [0.15, 0.2) is 36.4 Å². The number of carboxylic acids is 1. The van der Waals surface area contributed by atoms with Gasteiger partial charge in [-0.2, -0.15) is 0 Å². The molecule has 26 heavy (non-hydrogen) atoms. The molecule has 0 unspecified atom stereocenters. The molecule has 2 aromatic carbocycles. The van der Waals surface area contributed by atoms with E-state index in [9.17, 15) is 14.7 Å². The van der Waals surface area contributed by atoms with E-state index in [2.05, 4.69) is 5.32 Å². The Morgan fingerprint density at radius 2 is 1.54 bits per heavy atom. The fourth-order valence-corrected chi connectivity index (χ4v) is 3.41. The summed E-state index contributed by atoms with van der Waals surface area (Å²) in [5, 5.41) is 12.5. The molecule has 0 radical (unpaired) electrons. The summed E-state index contributed by atoms with van der Waals surface area (Å²) in [5.74, 6) is -0.507. The first kappa shape index (κ1) is 17.8. The van der Waals surface area contributed by atoms with Crippen molar-refractivity contribution in [1.29, 1.82) is 0 Å². The number of methoxy groups -OCH3 is 2. The molecular formula is C20H21NO5. The third-order valence-corrected chi connectivity index (χ3v) is 4.88. The Kier molecular flexibility index (Phi) is 4.59. The SMILES string of the molecule is COc1cc(C(=O)NC2(C(=O)O)Cc3ccccc3C2)cc(OC)c1C. The molecule has 0 aromatic heterocycles. The molecule has 6 heteroatoms. The Hall–Kier alpha value is -3.02. The summed E-state index contributed by atoms with van der Waals surface area (Å²) in [7, 11) is 3.02. The molecule has 136 valence electrons. The van der Waals surface area contributed by atoms with Crippen LogP contribution in [0.3, 0.4) is 0 Å². The van der Waals surface area contributed by atoms with Crippen molar-refractivity contribution in [2.75, 3.05) is 14.2 Å². The molecular weight excluding hydrogens is 334 g/mol. The lowest BCUT2D eigenvalue weighted by Crippen LogP contribution is -2.55. The van der Waals surface area contributed by atoms with E-state index in [0.29, 0.717) is 17.1 Å². The van der Waals surface area contributed by atoms with Crippen molar-refractivity contribution in [2.24, 2.45) is 0 Å². The summed E-state index contributed by atoms with van der Waals surface area (Å²) in [6, 6.07) is 10.7. The Balaban J connectivity index is 1.93. The molecule has 0 saturated carbocycles. The zero-order chi connectivity index (χ0) is 18.9. The fourth-order valence-electron chi connectivity index (χ4n) is 3.41. The van der Waals surface area contributed by atoms with Crippen molar-refractivity contribution in [3.8, 4) is 11.5 Å². The van der Waals surface area contributed by atoms with Crippen LogP contribution in [0.4, 0.5) is 0 Å². The van der Waals surface area contributed by atoms with Gasteiger partial charge in [-0.05, 0) is 30.2 Å². The van der Waals surface area contributed by atoms with Crippen LogP contribution in [0.25, 0.3) is 0 Å². The first-order valence-corrected chi connectivity index (χ1v) is 8.25. The predicted molar refractivity (Wildman–Crippen MR) is 96.0 cm³/mol. The average molecular weight is 355 g/mol. The number of fused-ring (bicyclic) bond motifs is 1. The van der Waals surface area contributed by atoms with Gasteiger partial charge in [-0.3, -0.25) is 4.79 Å². The van der Waals surface area contributed by atoms with Crippen LogP contribution >= 0.6 is 0 Å². The second-order valence-corrected chi connectivity index (χ2v) is 6.47. The maximum absolute atomic E-state index is 12.8. The number of benzene rings is 2. The van der Waals surface area contributed by atoms with Crippen LogP contribution < -0.4 is 14.8 Å². The van der Waals surface area contributed by atoms with E-state index in [1.807, 2.05) is 31.2 Å². The summed E-state index contributed by atoms with van der Waals surface area (Å²) >= 11 is 0. The van der Waals surface area contributed by atoms with Gasteiger partial charge in [-0.1, -0.05) is 24.3 Å². The molecule has 2 aromatic rings. The van der Waals surface area contributed by atoms with Crippen molar-refractivity contribution in [3.05, 3.63) is 58.7 Å². The van der Waals surface area contributed by atoms with Crippen molar-refractivity contribution < 1.29 is 24.2 Å². The molecule has 1 aliphatic carbocycles. The molecule has 2 N–H and O–H groups in total. The highest BCUT2D eigenvalue weighted by molar-refractivity contribution is 5.99. The van der Waals surface area contributed by atoms with Crippen molar-refractivity contribution >= 4 is 11.9 Å². The number of amides is 1.